The number of sulfonamides is 1. The lowest BCUT2D eigenvalue weighted by atomic mass is 10.2. The monoisotopic (exact) mass is 279 g/mol. The van der Waals surface area contributed by atoms with E-state index in [9.17, 15) is 13.2 Å². The second kappa shape index (κ2) is 4.99. The molecule has 1 aromatic rings. The lowest BCUT2D eigenvalue weighted by Crippen LogP contribution is -2.50. The Labute approximate surface area is 111 Å². The number of hydrogen-bond donors (Lipinski definition) is 0. The number of nitrogens with zero attached hydrogens (tertiary/aromatic N) is 3. The van der Waals surface area contributed by atoms with Gasteiger partial charge in [-0.25, -0.2) is 8.42 Å². The fourth-order valence-electron chi connectivity index (χ4n) is 1.79. The van der Waals surface area contributed by atoms with E-state index >= 15 is 0 Å². The Balaban J connectivity index is 2.27. The number of hydrogen-bond acceptors (Lipinski definition) is 4. The molecule has 6 nitrogen and oxygen atoms in total. The first-order valence-electron chi connectivity index (χ1n) is 5.69. The Morgan fingerprint density at radius 3 is 2.37 bits per heavy atom. The standard InChI is InChI=1S/C12H13N3O3S/c1-14-6-7-15(9-12(14)16)19(17,18)11-4-2-10(8-13)3-5-11/h2-5H,6-7,9H2,1H3. The molecule has 1 fully saturated rings. The normalized spacial score (nSPS) is 17.3. The SMILES string of the molecule is CN1CCN(S(=O)(=O)c2ccc(C#N)cc2)CC1=O. The van der Waals surface area contributed by atoms with Crippen molar-refractivity contribution in [1.29, 1.82) is 5.26 Å². The van der Waals surface area contributed by atoms with Crippen LogP contribution in [0.5, 0.6) is 0 Å². The van der Waals surface area contributed by atoms with Gasteiger partial charge in [-0.3, -0.25) is 4.79 Å². The van der Waals surface area contributed by atoms with Crippen LogP contribution in [0.1, 0.15) is 5.56 Å². The van der Waals surface area contributed by atoms with E-state index in [2.05, 4.69) is 0 Å². The predicted molar refractivity (Wildman–Crippen MR) is 67.6 cm³/mol. The van der Waals surface area contributed by atoms with Crippen molar-refractivity contribution in [3.8, 4) is 6.07 Å². The van der Waals surface area contributed by atoms with Gasteiger partial charge in [-0.1, -0.05) is 0 Å². The van der Waals surface area contributed by atoms with E-state index < -0.39 is 10.0 Å². The molecule has 0 radical (unpaired) electrons. The summed E-state index contributed by atoms with van der Waals surface area (Å²) in [5, 5.41) is 8.68. The van der Waals surface area contributed by atoms with Crippen LogP contribution >= 0.6 is 0 Å². The zero-order valence-electron chi connectivity index (χ0n) is 10.4. The summed E-state index contributed by atoms with van der Waals surface area (Å²) in [6, 6.07) is 7.60. The molecule has 1 amide bonds. The van der Waals surface area contributed by atoms with E-state index in [0.29, 0.717) is 12.1 Å². The van der Waals surface area contributed by atoms with Gasteiger partial charge in [-0.2, -0.15) is 9.57 Å². The van der Waals surface area contributed by atoms with E-state index in [0.717, 1.165) is 4.31 Å². The number of carbonyl (C=O) groups excluding carboxylic acids is 1. The molecular weight excluding hydrogens is 266 g/mol. The number of likely N-dealkylation sites (N-methyl/N-ethyl adjacent to an activating group) is 1. The van der Waals surface area contributed by atoms with Crippen molar-refractivity contribution < 1.29 is 13.2 Å². The van der Waals surface area contributed by atoms with Crippen LogP contribution in [0.4, 0.5) is 0 Å². The number of carbonyl (C=O) groups is 1. The van der Waals surface area contributed by atoms with E-state index in [-0.39, 0.29) is 23.9 Å². The van der Waals surface area contributed by atoms with E-state index in [1.54, 1.807) is 7.05 Å². The minimum Gasteiger partial charge on any atom is -0.343 e. The summed E-state index contributed by atoms with van der Waals surface area (Å²) in [5.74, 6) is -0.219. The third kappa shape index (κ3) is 2.59. The maximum Gasteiger partial charge on any atom is 0.243 e. The second-order valence-electron chi connectivity index (χ2n) is 4.29. The molecule has 100 valence electrons. The first-order valence-corrected chi connectivity index (χ1v) is 7.13. The highest BCUT2D eigenvalue weighted by Crippen LogP contribution is 2.18. The molecule has 19 heavy (non-hydrogen) atoms. The number of rotatable bonds is 2. The molecule has 0 atom stereocenters. The summed E-state index contributed by atoms with van der Waals surface area (Å²) >= 11 is 0. The minimum atomic E-state index is -3.67. The van der Waals surface area contributed by atoms with Crippen molar-refractivity contribution >= 4 is 15.9 Å². The molecular formula is C12H13N3O3S. The van der Waals surface area contributed by atoms with Gasteiger partial charge >= 0.3 is 0 Å². The van der Waals surface area contributed by atoms with Gasteiger partial charge < -0.3 is 4.90 Å². The molecule has 0 aromatic heterocycles. The molecule has 1 aliphatic rings. The van der Waals surface area contributed by atoms with Gasteiger partial charge in [0.25, 0.3) is 0 Å². The van der Waals surface area contributed by atoms with Crippen molar-refractivity contribution in [3.05, 3.63) is 29.8 Å². The fourth-order valence-corrected chi connectivity index (χ4v) is 3.17. The topological polar surface area (TPSA) is 81.5 Å². The molecule has 0 unspecified atom stereocenters. The molecule has 1 aromatic carbocycles. The zero-order chi connectivity index (χ0) is 14.0. The molecule has 0 aliphatic carbocycles. The van der Waals surface area contributed by atoms with E-state index in [1.807, 2.05) is 6.07 Å². The van der Waals surface area contributed by atoms with Crippen molar-refractivity contribution in [2.45, 2.75) is 4.90 Å². The largest absolute Gasteiger partial charge is 0.343 e. The van der Waals surface area contributed by atoms with E-state index in [4.69, 9.17) is 5.26 Å². The summed E-state index contributed by atoms with van der Waals surface area (Å²) in [5.41, 5.74) is 0.397. The minimum absolute atomic E-state index is 0.101. The van der Waals surface area contributed by atoms with Crippen LogP contribution in [-0.4, -0.2) is 50.2 Å². The molecule has 0 saturated carbocycles. The van der Waals surface area contributed by atoms with Crippen LogP contribution in [0.25, 0.3) is 0 Å². The Morgan fingerprint density at radius 2 is 1.84 bits per heavy atom. The van der Waals surface area contributed by atoms with Crippen LogP contribution < -0.4 is 0 Å². The molecule has 2 rings (SSSR count). The summed E-state index contributed by atoms with van der Waals surface area (Å²) < 4.78 is 25.8. The van der Waals surface area contributed by atoms with Crippen LogP contribution in [-0.2, 0) is 14.8 Å². The maximum absolute atomic E-state index is 12.3. The molecule has 1 saturated heterocycles. The summed E-state index contributed by atoms with van der Waals surface area (Å²) in [4.78, 5) is 13.2. The Morgan fingerprint density at radius 1 is 1.21 bits per heavy atom. The molecule has 7 heteroatoms. The van der Waals surface area contributed by atoms with Crippen LogP contribution in [0.15, 0.2) is 29.2 Å². The highest BCUT2D eigenvalue weighted by molar-refractivity contribution is 7.89. The summed E-state index contributed by atoms with van der Waals surface area (Å²) in [6.45, 7) is 0.526. The fraction of sp³-hybridized carbons (Fsp3) is 0.333. The van der Waals surface area contributed by atoms with Crippen molar-refractivity contribution in [2.24, 2.45) is 0 Å². The lowest BCUT2D eigenvalue weighted by molar-refractivity contribution is -0.132. The lowest BCUT2D eigenvalue weighted by Gasteiger charge is -2.31. The number of piperazine rings is 1. The first kappa shape index (κ1) is 13.5. The molecule has 1 heterocycles. The van der Waals surface area contributed by atoms with Gasteiger partial charge in [0.2, 0.25) is 15.9 Å². The van der Waals surface area contributed by atoms with Gasteiger partial charge in [-0.05, 0) is 24.3 Å². The average molecular weight is 279 g/mol. The van der Waals surface area contributed by atoms with Crippen molar-refractivity contribution in [2.75, 3.05) is 26.7 Å². The van der Waals surface area contributed by atoms with Crippen LogP contribution in [0, 0.1) is 11.3 Å². The summed E-state index contributed by atoms with van der Waals surface area (Å²) in [7, 11) is -2.02. The Bertz CT molecular complexity index is 631. The third-order valence-electron chi connectivity index (χ3n) is 3.04. The number of amides is 1. The van der Waals surface area contributed by atoms with Crippen LogP contribution in [0.3, 0.4) is 0 Å². The number of nitriles is 1. The van der Waals surface area contributed by atoms with Gasteiger partial charge in [0.1, 0.15) is 0 Å². The smallest absolute Gasteiger partial charge is 0.243 e. The van der Waals surface area contributed by atoms with Crippen LogP contribution in [0.2, 0.25) is 0 Å². The highest BCUT2D eigenvalue weighted by atomic mass is 32.2. The van der Waals surface area contributed by atoms with Gasteiger partial charge in [0, 0.05) is 20.1 Å². The molecule has 0 spiro atoms. The van der Waals surface area contributed by atoms with Gasteiger partial charge in [0.15, 0.2) is 0 Å². The van der Waals surface area contributed by atoms with Gasteiger partial charge in [0.05, 0.1) is 23.1 Å². The highest BCUT2D eigenvalue weighted by Gasteiger charge is 2.31. The quantitative estimate of drug-likeness (QED) is 0.764. The maximum atomic E-state index is 12.3. The Hall–Kier alpha value is -1.91. The molecule has 0 N–H and O–H groups in total. The van der Waals surface area contributed by atoms with Crippen molar-refractivity contribution in [1.82, 2.24) is 9.21 Å². The Kier molecular flexibility index (Phi) is 3.55. The molecule has 0 bridgehead atoms. The van der Waals surface area contributed by atoms with E-state index in [1.165, 1.54) is 29.2 Å². The zero-order valence-corrected chi connectivity index (χ0v) is 11.2. The first-order chi connectivity index (χ1) is 8.95. The second-order valence-corrected chi connectivity index (χ2v) is 6.23. The predicted octanol–water partition coefficient (Wildman–Crippen LogP) is 0.0210. The average Bonchev–Trinajstić information content (AvgIpc) is 2.41. The molecule has 1 aliphatic heterocycles. The number of benzene rings is 1. The summed E-state index contributed by atoms with van der Waals surface area (Å²) in [6.07, 6.45) is 0. The van der Waals surface area contributed by atoms with Gasteiger partial charge in [-0.15, -0.1) is 0 Å². The van der Waals surface area contributed by atoms with Crippen molar-refractivity contribution in [3.63, 3.8) is 0 Å². The third-order valence-corrected chi connectivity index (χ3v) is 4.90.